The quantitative estimate of drug-likeness (QED) is 0.468. The van der Waals surface area contributed by atoms with Crippen LogP contribution in [0.2, 0.25) is 0 Å². The van der Waals surface area contributed by atoms with Crippen LogP contribution in [0.1, 0.15) is 16.8 Å². The molecular formula is C22H17N3O3. The molecule has 5 aromatic rings. The normalized spacial score (nSPS) is 11.5. The molecular weight excluding hydrogens is 354 g/mol. The van der Waals surface area contributed by atoms with Crippen molar-refractivity contribution in [1.29, 1.82) is 0 Å². The molecule has 0 N–H and O–H groups in total. The van der Waals surface area contributed by atoms with E-state index in [4.69, 9.17) is 8.83 Å². The van der Waals surface area contributed by atoms with E-state index < -0.39 is 0 Å². The van der Waals surface area contributed by atoms with Gasteiger partial charge in [-0.15, -0.1) is 0 Å². The molecule has 0 aliphatic heterocycles. The summed E-state index contributed by atoms with van der Waals surface area (Å²) in [5, 5.41) is 0.834. The first-order valence-corrected chi connectivity index (χ1v) is 8.99. The van der Waals surface area contributed by atoms with Gasteiger partial charge in [0.2, 0.25) is 11.5 Å². The third kappa shape index (κ3) is 2.62. The Labute approximate surface area is 160 Å². The van der Waals surface area contributed by atoms with Gasteiger partial charge in [0.15, 0.2) is 0 Å². The standard InChI is InChI=1S/C22H17N3O3/c1-13-7-8-16(14(2)9-13)21-24-15(11-27-21)10-25-12-23-19-17-5-3-4-6-18(17)28-20(19)22(25)26/h3-9,11-12H,10H2,1-2H3. The Morgan fingerprint density at radius 1 is 1.11 bits per heavy atom. The third-order valence-electron chi connectivity index (χ3n) is 4.85. The Hall–Kier alpha value is -3.67. The zero-order valence-electron chi connectivity index (χ0n) is 15.5. The molecule has 0 radical (unpaired) electrons. The summed E-state index contributed by atoms with van der Waals surface area (Å²) in [6.07, 6.45) is 3.10. The lowest BCUT2D eigenvalue weighted by atomic mass is 10.1. The largest absolute Gasteiger partial charge is 0.448 e. The number of hydrogen-bond donors (Lipinski definition) is 0. The molecule has 3 aromatic heterocycles. The van der Waals surface area contributed by atoms with Crippen molar-refractivity contribution in [2.45, 2.75) is 20.4 Å². The van der Waals surface area contributed by atoms with Crippen LogP contribution in [0.4, 0.5) is 0 Å². The summed E-state index contributed by atoms with van der Waals surface area (Å²) in [6, 6.07) is 13.6. The molecule has 2 aromatic carbocycles. The molecule has 0 unspecified atom stereocenters. The van der Waals surface area contributed by atoms with Crippen LogP contribution in [0.3, 0.4) is 0 Å². The van der Waals surface area contributed by atoms with Crippen LogP contribution >= 0.6 is 0 Å². The highest BCUT2D eigenvalue weighted by Gasteiger charge is 2.15. The van der Waals surface area contributed by atoms with Gasteiger partial charge in [-0.2, -0.15) is 0 Å². The third-order valence-corrected chi connectivity index (χ3v) is 4.85. The number of para-hydroxylation sites is 1. The van der Waals surface area contributed by atoms with E-state index in [1.807, 2.05) is 50.2 Å². The van der Waals surface area contributed by atoms with Gasteiger partial charge in [0.1, 0.15) is 17.4 Å². The van der Waals surface area contributed by atoms with Gasteiger partial charge >= 0.3 is 0 Å². The Morgan fingerprint density at radius 2 is 1.96 bits per heavy atom. The molecule has 0 bridgehead atoms. The van der Waals surface area contributed by atoms with Gasteiger partial charge < -0.3 is 8.83 Å². The summed E-state index contributed by atoms with van der Waals surface area (Å²) in [5.74, 6) is 0.540. The predicted molar refractivity (Wildman–Crippen MR) is 106 cm³/mol. The molecule has 5 rings (SSSR count). The minimum Gasteiger partial charge on any atom is -0.448 e. The summed E-state index contributed by atoms with van der Waals surface area (Å²) in [5.41, 5.74) is 5.11. The number of fused-ring (bicyclic) bond motifs is 3. The van der Waals surface area contributed by atoms with E-state index in [-0.39, 0.29) is 17.7 Å². The second-order valence-electron chi connectivity index (χ2n) is 6.92. The van der Waals surface area contributed by atoms with Crippen molar-refractivity contribution in [3.8, 4) is 11.5 Å². The van der Waals surface area contributed by atoms with E-state index in [0.717, 1.165) is 16.5 Å². The molecule has 0 atom stereocenters. The first-order valence-electron chi connectivity index (χ1n) is 8.99. The van der Waals surface area contributed by atoms with E-state index in [0.29, 0.717) is 22.7 Å². The van der Waals surface area contributed by atoms with Gasteiger partial charge in [-0.3, -0.25) is 9.36 Å². The van der Waals surface area contributed by atoms with E-state index in [9.17, 15) is 4.79 Å². The average Bonchev–Trinajstić information content (AvgIpc) is 3.29. The van der Waals surface area contributed by atoms with E-state index in [1.165, 1.54) is 16.5 Å². The molecule has 6 heteroatoms. The van der Waals surface area contributed by atoms with Gasteiger partial charge in [-0.1, -0.05) is 29.8 Å². The van der Waals surface area contributed by atoms with Crippen molar-refractivity contribution in [2.75, 3.05) is 0 Å². The highest BCUT2D eigenvalue weighted by molar-refractivity contribution is 6.01. The van der Waals surface area contributed by atoms with Crippen LogP contribution in [0.25, 0.3) is 33.5 Å². The summed E-state index contributed by atoms with van der Waals surface area (Å²) < 4.78 is 12.9. The van der Waals surface area contributed by atoms with Crippen LogP contribution in [0.5, 0.6) is 0 Å². The van der Waals surface area contributed by atoms with Gasteiger partial charge in [0.05, 0.1) is 18.6 Å². The Bertz CT molecular complexity index is 1390. The first-order chi connectivity index (χ1) is 13.6. The number of aromatic nitrogens is 3. The SMILES string of the molecule is Cc1ccc(-c2nc(Cn3cnc4c(oc5ccccc54)c3=O)co2)c(C)c1. The lowest BCUT2D eigenvalue weighted by Crippen LogP contribution is -2.20. The fourth-order valence-corrected chi connectivity index (χ4v) is 3.46. The molecule has 0 spiro atoms. The number of nitrogens with zero attached hydrogens (tertiary/aromatic N) is 3. The second-order valence-corrected chi connectivity index (χ2v) is 6.92. The van der Waals surface area contributed by atoms with Crippen molar-refractivity contribution in [1.82, 2.24) is 14.5 Å². The minimum atomic E-state index is -0.239. The molecule has 28 heavy (non-hydrogen) atoms. The zero-order valence-corrected chi connectivity index (χ0v) is 15.5. The highest BCUT2D eigenvalue weighted by Crippen LogP contribution is 2.25. The molecule has 6 nitrogen and oxygen atoms in total. The monoisotopic (exact) mass is 371 g/mol. The lowest BCUT2D eigenvalue weighted by molar-refractivity contribution is 0.570. The molecule has 0 saturated heterocycles. The maximum Gasteiger partial charge on any atom is 0.297 e. The predicted octanol–water partition coefficient (Wildman–Crippen LogP) is 4.46. The highest BCUT2D eigenvalue weighted by atomic mass is 16.3. The van der Waals surface area contributed by atoms with Crippen molar-refractivity contribution < 1.29 is 8.83 Å². The van der Waals surface area contributed by atoms with Crippen LogP contribution < -0.4 is 5.56 Å². The minimum absolute atomic E-state index is 0.239. The molecule has 0 saturated carbocycles. The number of rotatable bonds is 3. The molecule has 3 heterocycles. The molecule has 0 fully saturated rings. The number of hydrogen-bond acceptors (Lipinski definition) is 5. The van der Waals surface area contributed by atoms with Gasteiger partial charge in [-0.25, -0.2) is 9.97 Å². The van der Waals surface area contributed by atoms with Crippen LogP contribution in [-0.2, 0) is 6.54 Å². The molecule has 0 amide bonds. The summed E-state index contributed by atoms with van der Waals surface area (Å²) in [4.78, 5) is 21.8. The Balaban J connectivity index is 1.52. The van der Waals surface area contributed by atoms with Gasteiger partial charge in [-0.05, 0) is 37.6 Å². The molecule has 0 aliphatic carbocycles. The number of furan rings is 1. The van der Waals surface area contributed by atoms with Crippen molar-refractivity contribution in [3.63, 3.8) is 0 Å². The van der Waals surface area contributed by atoms with Gasteiger partial charge in [0.25, 0.3) is 5.56 Å². The van der Waals surface area contributed by atoms with Gasteiger partial charge in [0, 0.05) is 10.9 Å². The second kappa shape index (κ2) is 6.20. The summed E-state index contributed by atoms with van der Waals surface area (Å²) in [7, 11) is 0. The van der Waals surface area contributed by atoms with E-state index >= 15 is 0 Å². The van der Waals surface area contributed by atoms with E-state index in [1.54, 1.807) is 6.26 Å². The van der Waals surface area contributed by atoms with Crippen LogP contribution in [-0.4, -0.2) is 14.5 Å². The Kier molecular flexibility index (Phi) is 3.65. The maximum atomic E-state index is 12.8. The van der Waals surface area contributed by atoms with Crippen molar-refractivity contribution in [2.24, 2.45) is 0 Å². The first kappa shape index (κ1) is 16.5. The number of aryl methyl sites for hydroxylation is 2. The zero-order chi connectivity index (χ0) is 19.3. The lowest BCUT2D eigenvalue weighted by Gasteiger charge is -2.03. The fraction of sp³-hybridized carbons (Fsp3) is 0.136. The van der Waals surface area contributed by atoms with E-state index in [2.05, 4.69) is 16.0 Å². The summed E-state index contributed by atoms with van der Waals surface area (Å²) >= 11 is 0. The topological polar surface area (TPSA) is 74.1 Å². The Morgan fingerprint density at radius 3 is 2.82 bits per heavy atom. The maximum absolute atomic E-state index is 12.8. The fourth-order valence-electron chi connectivity index (χ4n) is 3.46. The molecule has 138 valence electrons. The number of benzene rings is 2. The summed E-state index contributed by atoms with van der Waals surface area (Å²) in [6.45, 7) is 4.33. The van der Waals surface area contributed by atoms with Crippen molar-refractivity contribution in [3.05, 3.63) is 82.2 Å². The average molecular weight is 371 g/mol. The van der Waals surface area contributed by atoms with Crippen LogP contribution in [0.15, 0.2) is 68.7 Å². The van der Waals surface area contributed by atoms with Crippen LogP contribution in [0, 0.1) is 13.8 Å². The number of oxazole rings is 1. The van der Waals surface area contributed by atoms with Crippen molar-refractivity contribution >= 4 is 22.1 Å². The molecule has 0 aliphatic rings. The smallest absolute Gasteiger partial charge is 0.297 e.